The Hall–Kier alpha value is -2.40. The molecule has 0 saturated carbocycles. The molecular weight excluding hydrogens is 308 g/mol. The van der Waals surface area contributed by atoms with Gasteiger partial charge in [-0.05, 0) is 55.7 Å². The highest BCUT2D eigenvalue weighted by molar-refractivity contribution is 7.22. The molecule has 1 heterocycles. The number of aryl methyl sites for hydroxylation is 3. The number of nitrogens with zero attached hydrogens (tertiary/aromatic N) is 1. The van der Waals surface area contributed by atoms with Gasteiger partial charge in [-0.1, -0.05) is 29.5 Å². The highest BCUT2D eigenvalue weighted by atomic mass is 32.1. The van der Waals surface area contributed by atoms with Gasteiger partial charge in [-0.15, -0.1) is 0 Å². The number of nitrogens with one attached hydrogen (secondary N) is 1. The van der Waals surface area contributed by atoms with Crippen molar-refractivity contribution in [3.63, 3.8) is 0 Å². The summed E-state index contributed by atoms with van der Waals surface area (Å²) in [4.78, 5) is 16.5. The molecule has 0 spiro atoms. The van der Waals surface area contributed by atoms with Crippen LogP contribution in [0.25, 0.3) is 10.2 Å². The fourth-order valence-corrected chi connectivity index (χ4v) is 3.37. The third-order valence-electron chi connectivity index (χ3n) is 3.43. The molecule has 3 aromatic rings. The molecule has 0 aliphatic carbocycles. The number of hydrogen-bond acceptors (Lipinski definition) is 4. The first-order chi connectivity index (χ1) is 11.0. The molecule has 0 fully saturated rings. The van der Waals surface area contributed by atoms with Crippen molar-refractivity contribution in [1.82, 2.24) is 4.98 Å². The molecule has 118 valence electrons. The van der Waals surface area contributed by atoms with Crippen molar-refractivity contribution in [2.75, 3.05) is 11.9 Å². The zero-order chi connectivity index (χ0) is 16.4. The second-order valence-corrected chi connectivity index (χ2v) is 6.60. The van der Waals surface area contributed by atoms with Crippen molar-refractivity contribution in [2.24, 2.45) is 0 Å². The second kappa shape index (κ2) is 6.38. The van der Waals surface area contributed by atoms with Crippen LogP contribution in [0.5, 0.6) is 5.75 Å². The summed E-state index contributed by atoms with van der Waals surface area (Å²) >= 11 is 1.49. The average Bonchev–Trinajstić information content (AvgIpc) is 2.88. The van der Waals surface area contributed by atoms with Gasteiger partial charge in [0.15, 0.2) is 11.7 Å². The zero-order valence-corrected chi connectivity index (χ0v) is 14.2. The fraction of sp³-hybridized carbons (Fsp3) is 0.222. The Kier molecular flexibility index (Phi) is 4.30. The molecule has 0 saturated heterocycles. The maximum absolute atomic E-state index is 12.0. The van der Waals surface area contributed by atoms with Gasteiger partial charge in [-0.2, -0.15) is 0 Å². The molecule has 1 amide bonds. The van der Waals surface area contributed by atoms with Gasteiger partial charge in [0.25, 0.3) is 5.91 Å². The van der Waals surface area contributed by atoms with Gasteiger partial charge in [0, 0.05) is 0 Å². The number of aromatic nitrogens is 1. The number of benzene rings is 2. The molecule has 4 nitrogen and oxygen atoms in total. The molecular formula is C18H18N2O2S. The molecule has 1 aromatic heterocycles. The van der Waals surface area contributed by atoms with Gasteiger partial charge in [0.05, 0.1) is 10.2 Å². The summed E-state index contributed by atoms with van der Waals surface area (Å²) in [5, 5.41) is 3.41. The molecule has 0 unspecified atom stereocenters. The topological polar surface area (TPSA) is 51.2 Å². The molecule has 2 aromatic carbocycles. The molecule has 0 radical (unpaired) electrons. The second-order valence-electron chi connectivity index (χ2n) is 5.60. The van der Waals surface area contributed by atoms with Crippen LogP contribution in [0.15, 0.2) is 36.4 Å². The third-order valence-corrected chi connectivity index (χ3v) is 4.55. The van der Waals surface area contributed by atoms with Crippen molar-refractivity contribution < 1.29 is 9.53 Å². The minimum Gasteiger partial charge on any atom is -0.484 e. The number of thiazole rings is 1. The fourth-order valence-electron chi connectivity index (χ4n) is 2.44. The van der Waals surface area contributed by atoms with Crippen LogP contribution in [0, 0.1) is 20.8 Å². The lowest BCUT2D eigenvalue weighted by atomic mass is 10.1. The molecule has 0 aliphatic heterocycles. The van der Waals surface area contributed by atoms with Crippen molar-refractivity contribution in [3.8, 4) is 5.75 Å². The van der Waals surface area contributed by atoms with E-state index in [2.05, 4.69) is 23.3 Å². The van der Waals surface area contributed by atoms with Crippen LogP contribution < -0.4 is 10.1 Å². The minimum absolute atomic E-state index is 0.0304. The highest BCUT2D eigenvalue weighted by Crippen LogP contribution is 2.29. The highest BCUT2D eigenvalue weighted by Gasteiger charge is 2.10. The number of carbonyl (C=O) groups excluding carboxylic acids is 1. The van der Waals surface area contributed by atoms with Gasteiger partial charge in [0.2, 0.25) is 0 Å². The number of ether oxygens (including phenoxy) is 1. The first-order valence-corrected chi connectivity index (χ1v) is 8.20. The summed E-state index contributed by atoms with van der Waals surface area (Å²) in [5.74, 6) is 0.482. The van der Waals surface area contributed by atoms with E-state index in [0.29, 0.717) is 10.9 Å². The lowest BCUT2D eigenvalue weighted by molar-refractivity contribution is -0.118. The monoisotopic (exact) mass is 326 g/mol. The lowest BCUT2D eigenvalue weighted by Gasteiger charge is -2.06. The van der Waals surface area contributed by atoms with E-state index in [1.165, 1.54) is 22.5 Å². The predicted octanol–water partition coefficient (Wildman–Crippen LogP) is 4.24. The molecule has 23 heavy (non-hydrogen) atoms. The Morgan fingerprint density at radius 1 is 1.17 bits per heavy atom. The van der Waals surface area contributed by atoms with Gasteiger partial charge >= 0.3 is 0 Å². The molecule has 5 heteroatoms. The summed E-state index contributed by atoms with van der Waals surface area (Å²) in [5.41, 5.74) is 4.36. The smallest absolute Gasteiger partial charge is 0.264 e. The summed E-state index contributed by atoms with van der Waals surface area (Å²) in [6, 6.07) is 11.8. The normalized spacial score (nSPS) is 10.7. The van der Waals surface area contributed by atoms with E-state index in [1.807, 2.05) is 44.2 Å². The summed E-state index contributed by atoms with van der Waals surface area (Å²) in [6.07, 6.45) is 0. The van der Waals surface area contributed by atoms with Gasteiger partial charge in [-0.25, -0.2) is 4.98 Å². The molecule has 1 N–H and O–H groups in total. The van der Waals surface area contributed by atoms with E-state index in [9.17, 15) is 4.79 Å². The van der Waals surface area contributed by atoms with Crippen LogP contribution >= 0.6 is 11.3 Å². The molecule has 3 rings (SSSR count). The van der Waals surface area contributed by atoms with Crippen LogP contribution in [0.1, 0.15) is 16.7 Å². The van der Waals surface area contributed by atoms with E-state index in [1.54, 1.807) is 0 Å². The van der Waals surface area contributed by atoms with E-state index in [0.717, 1.165) is 15.8 Å². The summed E-state index contributed by atoms with van der Waals surface area (Å²) < 4.78 is 6.60. The zero-order valence-electron chi connectivity index (χ0n) is 13.3. The van der Waals surface area contributed by atoms with E-state index >= 15 is 0 Å². The Labute approximate surface area is 139 Å². The van der Waals surface area contributed by atoms with Crippen LogP contribution in [0.4, 0.5) is 5.13 Å². The van der Waals surface area contributed by atoms with E-state index in [-0.39, 0.29) is 12.5 Å². The van der Waals surface area contributed by atoms with Gasteiger partial charge < -0.3 is 4.74 Å². The molecule has 0 bridgehead atoms. The quantitative estimate of drug-likeness (QED) is 0.780. The minimum atomic E-state index is -0.208. The maximum Gasteiger partial charge on any atom is 0.264 e. The molecule has 0 aliphatic rings. The van der Waals surface area contributed by atoms with Crippen LogP contribution in [0.2, 0.25) is 0 Å². The maximum atomic E-state index is 12.0. The number of hydrogen-bond donors (Lipinski definition) is 1. The van der Waals surface area contributed by atoms with Crippen molar-refractivity contribution in [2.45, 2.75) is 20.8 Å². The number of rotatable bonds is 4. The van der Waals surface area contributed by atoms with Crippen LogP contribution in [-0.2, 0) is 4.79 Å². The Morgan fingerprint density at radius 3 is 2.78 bits per heavy atom. The largest absolute Gasteiger partial charge is 0.484 e. The van der Waals surface area contributed by atoms with Crippen LogP contribution in [-0.4, -0.2) is 17.5 Å². The van der Waals surface area contributed by atoms with Crippen molar-refractivity contribution >= 4 is 32.6 Å². The summed E-state index contributed by atoms with van der Waals surface area (Å²) in [6.45, 7) is 6.05. The van der Waals surface area contributed by atoms with E-state index in [4.69, 9.17) is 4.74 Å². The average molecular weight is 326 g/mol. The van der Waals surface area contributed by atoms with Gasteiger partial charge in [-0.3, -0.25) is 10.1 Å². The Morgan fingerprint density at radius 2 is 2.00 bits per heavy atom. The number of fused-ring (bicyclic) bond motifs is 1. The van der Waals surface area contributed by atoms with Crippen molar-refractivity contribution in [3.05, 3.63) is 53.1 Å². The summed E-state index contributed by atoms with van der Waals surface area (Å²) in [7, 11) is 0. The first kappa shape index (κ1) is 15.5. The molecule has 0 atom stereocenters. The third kappa shape index (κ3) is 3.68. The van der Waals surface area contributed by atoms with Crippen LogP contribution in [0.3, 0.4) is 0 Å². The van der Waals surface area contributed by atoms with Crippen molar-refractivity contribution in [1.29, 1.82) is 0 Å². The Balaban J connectivity index is 1.67. The van der Waals surface area contributed by atoms with E-state index < -0.39 is 0 Å². The SMILES string of the molecule is Cc1cccc(OCC(=O)Nc2nc3cc(C)cc(C)c3s2)c1. The standard InChI is InChI=1S/C18H18N2O2S/c1-11-5-4-6-14(8-11)22-10-16(21)20-18-19-15-9-12(2)7-13(3)17(15)23-18/h4-9H,10H2,1-3H3,(H,19,20,21). The number of anilines is 1. The number of carbonyl (C=O) groups is 1. The number of amides is 1. The lowest BCUT2D eigenvalue weighted by Crippen LogP contribution is -2.20. The Bertz CT molecular complexity index is 871. The first-order valence-electron chi connectivity index (χ1n) is 7.38. The van der Waals surface area contributed by atoms with Gasteiger partial charge in [0.1, 0.15) is 5.75 Å². The predicted molar refractivity (Wildman–Crippen MR) is 94.4 cm³/mol.